The molecule has 144 valence electrons. The molecule has 4 nitrogen and oxygen atoms in total. The molecule has 0 fully saturated rings. The fourth-order valence-corrected chi connectivity index (χ4v) is 2.80. The lowest BCUT2D eigenvalue weighted by Crippen LogP contribution is -2.23. The number of unbranched alkanes of at least 4 members (excludes halogenated alkanes) is 4. The molecule has 24 heavy (non-hydrogen) atoms. The number of carboxylic acids is 1. The number of ether oxygens (including phenoxy) is 1. The van der Waals surface area contributed by atoms with Gasteiger partial charge in [0.15, 0.2) is 0 Å². The van der Waals surface area contributed by atoms with E-state index in [2.05, 4.69) is 13.8 Å². The van der Waals surface area contributed by atoms with E-state index in [1.165, 1.54) is 25.7 Å². The molecule has 0 rings (SSSR count). The van der Waals surface area contributed by atoms with Crippen molar-refractivity contribution in [2.45, 2.75) is 91.9 Å². The number of carboxylic acid groups (broad SMARTS) is 1. The number of hydrogen-bond acceptors (Lipinski definition) is 3. The van der Waals surface area contributed by atoms with Crippen LogP contribution in [0.3, 0.4) is 0 Å². The number of aliphatic hydroxyl groups is 1. The first kappa shape index (κ1) is 23.4. The summed E-state index contributed by atoms with van der Waals surface area (Å²) in [5.74, 6) is -0.720. The summed E-state index contributed by atoms with van der Waals surface area (Å²) >= 11 is 0. The molecule has 0 aromatic carbocycles. The molecule has 0 aliphatic heterocycles. The minimum atomic E-state index is -0.720. The van der Waals surface area contributed by atoms with Crippen molar-refractivity contribution in [2.75, 3.05) is 19.8 Å². The van der Waals surface area contributed by atoms with E-state index >= 15 is 0 Å². The molecule has 0 radical (unpaired) electrons. The van der Waals surface area contributed by atoms with Crippen molar-refractivity contribution >= 4 is 5.97 Å². The van der Waals surface area contributed by atoms with Crippen LogP contribution in [-0.4, -0.2) is 36.0 Å². The third-order valence-electron chi connectivity index (χ3n) is 4.82. The van der Waals surface area contributed by atoms with Crippen LogP contribution in [0.5, 0.6) is 0 Å². The maximum absolute atomic E-state index is 11.0. The van der Waals surface area contributed by atoms with Gasteiger partial charge in [-0.1, -0.05) is 39.5 Å². The van der Waals surface area contributed by atoms with E-state index in [1.54, 1.807) is 13.8 Å². The van der Waals surface area contributed by atoms with Gasteiger partial charge in [-0.2, -0.15) is 0 Å². The van der Waals surface area contributed by atoms with Crippen molar-refractivity contribution in [3.63, 3.8) is 0 Å². The summed E-state index contributed by atoms with van der Waals surface area (Å²) in [5.41, 5.74) is -0.235. The minimum absolute atomic E-state index is 0.311. The van der Waals surface area contributed by atoms with Gasteiger partial charge < -0.3 is 14.9 Å². The largest absolute Gasteiger partial charge is 0.481 e. The SMILES string of the molecule is CC(C)(CCCCCO)CCCCOCCCCC(C)(C)C(=O)O. The Balaban J connectivity index is 3.48. The molecular formula is C20H40O4. The molecule has 0 spiro atoms. The van der Waals surface area contributed by atoms with E-state index in [4.69, 9.17) is 14.9 Å². The van der Waals surface area contributed by atoms with Crippen LogP contribution in [0, 0.1) is 10.8 Å². The Morgan fingerprint density at radius 3 is 1.79 bits per heavy atom. The van der Waals surface area contributed by atoms with Crippen LogP contribution < -0.4 is 0 Å². The molecule has 0 heterocycles. The van der Waals surface area contributed by atoms with Crippen LogP contribution in [0.1, 0.15) is 91.9 Å². The van der Waals surface area contributed by atoms with E-state index in [9.17, 15) is 4.79 Å². The van der Waals surface area contributed by atoms with Gasteiger partial charge in [-0.15, -0.1) is 0 Å². The summed E-state index contributed by atoms with van der Waals surface area (Å²) in [6, 6.07) is 0. The van der Waals surface area contributed by atoms with Gasteiger partial charge in [-0.05, 0) is 57.8 Å². The molecule has 0 aliphatic carbocycles. The van der Waals surface area contributed by atoms with Crippen LogP contribution in [0.2, 0.25) is 0 Å². The second-order valence-electron chi connectivity index (χ2n) is 8.41. The molecular weight excluding hydrogens is 304 g/mol. The molecule has 0 unspecified atom stereocenters. The standard InChI is InChI=1S/C20H40O4/c1-19(2,12-6-5-9-15-21)13-7-10-16-24-17-11-8-14-20(3,4)18(22)23/h21H,5-17H2,1-4H3,(H,22,23). The molecule has 2 N–H and O–H groups in total. The Morgan fingerprint density at radius 2 is 1.29 bits per heavy atom. The molecule has 0 aromatic rings. The maximum Gasteiger partial charge on any atom is 0.309 e. The average Bonchev–Trinajstić information content (AvgIpc) is 2.49. The zero-order valence-electron chi connectivity index (χ0n) is 16.4. The van der Waals surface area contributed by atoms with Crippen molar-refractivity contribution in [1.29, 1.82) is 0 Å². The third kappa shape index (κ3) is 12.8. The van der Waals surface area contributed by atoms with E-state index in [1.807, 2.05) is 0 Å². The van der Waals surface area contributed by atoms with Crippen molar-refractivity contribution < 1.29 is 19.7 Å². The van der Waals surface area contributed by atoms with E-state index < -0.39 is 11.4 Å². The Hall–Kier alpha value is -0.610. The minimum Gasteiger partial charge on any atom is -0.481 e. The summed E-state index contributed by atoms with van der Waals surface area (Å²) in [6.45, 7) is 10.1. The monoisotopic (exact) mass is 344 g/mol. The van der Waals surface area contributed by atoms with Gasteiger partial charge in [-0.3, -0.25) is 4.79 Å². The topological polar surface area (TPSA) is 66.8 Å². The molecule has 0 amide bonds. The Labute approximate surface area is 149 Å². The molecule has 0 saturated heterocycles. The number of aliphatic hydroxyl groups excluding tert-OH is 1. The first-order chi connectivity index (χ1) is 11.2. The van der Waals surface area contributed by atoms with E-state index in [0.29, 0.717) is 18.4 Å². The fraction of sp³-hybridized carbons (Fsp3) is 0.950. The van der Waals surface area contributed by atoms with Gasteiger partial charge in [-0.25, -0.2) is 0 Å². The van der Waals surface area contributed by atoms with Crippen LogP contribution in [0.4, 0.5) is 0 Å². The van der Waals surface area contributed by atoms with Gasteiger partial charge in [0.05, 0.1) is 5.41 Å². The quantitative estimate of drug-likeness (QED) is 0.385. The molecule has 0 bridgehead atoms. The number of carbonyl (C=O) groups is 1. The highest BCUT2D eigenvalue weighted by molar-refractivity contribution is 5.73. The molecule has 0 atom stereocenters. The molecule has 4 heteroatoms. The van der Waals surface area contributed by atoms with Crippen molar-refractivity contribution in [3.8, 4) is 0 Å². The summed E-state index contributed by atoms with van der Waals surface area (Å²) < 4.78 is 5.66. The molecule has 0 saturated carbocycles. The predicted octanol–water partition coefficient (Wildman–Crippen LogP) is 5.03. The number of hydrogen-bond donors (Lipinski definition) is 2. The Kier molecular flexibility index (Phi) is 12.4. The normalized spacial score (nSPS) is 12.5. The van der Waals surface area contributed by atoms with Crippen LogP contribution in [0.15, 0.2) is 0 Å². The number of rotatable bonds is 16. The van der Waals surface area contributed by atoms with Gasteiger partial charge >= 0.3 is 5.97 Å². The van der Waals surface area contributed by atoms with Crippen LogP contribution >= 0.6 is 0 Å². The fourth-order valence-electron chi connectivity index (χ4n) is 2.80. The van der Waals surface area contributed by atoms with Crippen LogP contribution in [-0.2, 0) is 9.53 Å². The summed E-state index contributed by atoms with van der Waals surface area (Å²) in [5, 5.41) is 17.8. The lowest BCUT2D eigenvalue weighted by molar-refractivity contribution is -0.147. The Bertz CT molecular complexity index is 324. The van der Waals surface area contributed by atoms with Crippen molar-refractivity contribution in [2.24, 2.45) is 10.8 Å². The smallest absolute Gasteiger partial charge is 0.309 e. The van der Waals surface area contributed by atoms with Gasteiger partial charge in [0.2, 0.25) is 0 Å². The summed E-state index contributed by atoms with van der Waals surface area (Å²) in [7, 11) is 0. The van der Waals surface area contributed by atoms with E-state index in [-0.39, 0.29) is 0 Å². The van der Waals surface area contributed by atoms with Gasteiger partial charge in [0.25, 0.3) is 0 Å². The van der Waals surface area contributed by atoms with Crippen molar-refractivity contribution in [1.82, 2.24) is 0 Å². The first-order valence-corrected chi connectivity index (χ1v) is 9.63. The third-order valence-corrected chi connectivity index (χ3v) is 4.82. The second kappa shape index (κ2) is 12.7. The second-order valence-corrected chi connectivity index (χ2v) is 8.41. The van der Waals surface area contributed by atoms with E-state index in [0.717, 1.165) is 45.3 Å². The lowest BCUT2D eigenvalue weighted by atomic mass is 9.82. The first-order valence-electron chi connectivity index (χ1n) is 9.63. The van der Waals surface area contributed by atoms with Crippen LogP contribution in [0.25, 0.3) is 0 Å². The Morgan fingerprint density at radius 1 is 0.792 bits per heavy atom. The highest BCUT2D eigenvalue weighted by atomic mass is 16.5. The molecule has 0 aromatic heterocycles. The van der Waals surface area contributed by atoms with Gasteiger partial charge in [0, 0.05) is 19.8 Å². The predicted molar refractivity (Wildman–Crippen MR) is 99.3 cm³/mol. The summed E-state index contributed by atoms with van der Waals surface area (Å²) in [6.07, 6.45) is 10.5. The van der Waals surface area contributed by atoms with Crippen molar-refractivity contribution in [3.05, 3.63) is 0 Å². The highest BCUT2D eigenvalue weighted by Crippen LogP contribution is 2.29. The van der Waals surface area contributed by atoms with Gasteiger partial charge in [0.1, 0.15) is 0 Å². The summed E-state index contributed by atoms with van der Waals surface area (Å²) in [4.78, 5) is 11.0. The highest BCUT2D eigenvalue weighted by Gasteiger charge is 2.25. The molecule has 0 aliphatic rings. The lowest BCUT2D eigenvalue weighted by Gasteiger charge is -2.24. The number of aliphatic carboxylic acids is 1. The average molecular weight is 345 g/mol. The zero-order valence-corrected chi connectivity index (χ0v) is 16.4. The maximum atomic E-state index is 11.0. The zero-order chi connectivity index (χ0) is 18.5.